The summed E-state index contributed by atoms with van der Waals surface area (Å²) in [6.07, 6.45) is 0. The summed E-state index contributed by atoms with van der Waals surface area (Å²) < 4.78 is 27.0. The molecule has 0 saturated heterocycles. The topological polar surface area (TPSA) is 73.8 Å². The molecule has 2 aromatic rings. The Labute approximate surface area is 151 Å². The fourth-order valence-electron chi connectivity index (χ4n) is 2.03. The van der Waals surface area contributed by atoms with E-state index in [0.29, 0.717) is 10.8 Å². The number of hydrogen-bond donors (Lipinski definition) is 2. The van der Waals surface area contributed by atoms with Crippen molar-refractivity contribution in [1.29, 1.82) is 0 Å². The lowest BCUT2D eigenvalue weighted by Gasteiger charge is -2.21. The Morgan fingerprint density at radius 2 is 2.17 bits per heavy atom. The van der Waals surface area contributed by atoms with Crippen molar-refractivity contribution >= 4 is 38.7 Å². The lowest BCUT2D eigenvalue weighted by molar-refractivity contribution is 0.477. The standard InChI is InChI=1S/C15H22N4O2S3/c1-3-16-15(19(2)11-13-6-10-22-12-13)17-7-8-18-24(20,21)14-5-4-9-23-14/h4-6,9-10,12,18H,3,7-8,11H2,1-2H3,(H,16,17). The Morgan fingerprint density at radius 1 is 1.33 bits per heavy atom. The van der Waals surface area contributed by atoms with Gasteiger partial charge in [0.25, 0.3) is 0 Å². The fraction of sp³-hybridized carbons (Fsp3) is 0.400. The van der Waals surface area contributed by atoms with Crippen LogP contribution in [0, 0.1) is 0 Å². The molecule has 6 nitrogen and oxygen atoms in total. The predicted octanol–water partition coefficient (Wildman–Crippen LogP) is 2.19. The van der Waals surface area contributed by atoms with E-state index >= 15 is 0 Å². The highest BCUT2D eigenvalue weighted by atomic mass is 32.2. The summed E-state index contributed by atoms with van der Waals surface area (Å²) in [4.78, 5) is 6.52. The summed E-state index contributed by atoms with van der Waals surface area (Å²) in [7, 11) is -1.45. The molecule has 0 radical (unpaired) electrons. The number of aliphatic imine (C=N–C) groups is 1. The van der Waals surface area contributed by atoms with Crippen molar-refractivity contribution in [1.82, 2.24) is 14.9 Å². The van der Waals surface area contributed by atoms with Crippen LogP contribution in [0.2, 0.25) is 0 Å². The van der Waals surface area contributed by atoms with Crippen LogP contribution >= 0.6 is 22.7 Å². The highest BCUT2D eigenvalue weighted by Gasteiger charge is 2.14. The van der Waals surface area contributed by atoms with Gasteiger partial charge in [0.2, 0.25) is 10.0 Å². The van der Waals surface area contributed by atoms with E-state index in [2.05, 4.69) is 26.5 Å². The first kappa shape index (κ1) is 18.9. The van der Waals surface area contributed by atoms with E-state index < -0.39 is 10.0 Å². The van der Waals surface area contributed by atoms with E-state index in [1.165, 1.54) is 16.9 Å². The van der Waals surface area contributed by atoms with Crippen LogP contribution < -0.4 is 10.0 Å². The Hall–Kier alpha value is -1.42. The molecule has 0 bridgehead atoms. The summed E-state index contributed by atoms with van der Waals surface area (Å²) in [5.74, 6) is 0.763. The third kappa shape index (κ3) is 5.59. The van der Waals surface area contributed by atoms with Crippen LogP contribution in [-0.4, -0.2) is 46.0 Å². The van der Waals surface area contributed by atoms with Crippen LogP contribution in [0.3, 0.4) is 0 Å². The maximum absolute atomic E-state index is 12.0. The third-order valence-electron chi connectivity index (χ3n) is 3.12. The second kappa shape index (κ2) is 9.16. The minimum absolute atomic E-state index is 0.265. The van der Waals surface area contributed by atoms with Crippen molar-refractivity contribution in [3.8, 4) is 0 Å². The van der Waals surface area contributed by atoms with Crippen LogP contribution in [0.15, 0.2) is 43.5 Å². The lowest BCUT2D eigenvalue weighted by Crippen LogP contribution is -2.39. The van der Waals surface area contributed by atoms with Crippen molar-refractivity contribution in [2.24, 2.45) is 4.99 Å². The highest BCUT2D eigenvalue weighted by Crippen LogP contribution is 2.14. The van der Waals surface area contributed by atoms with Crippen molar-refractivity contribution in [2.45, 2.75) is 17.7 Å². The summed E-state index contributed by atoms with van der Waals surface area (Å²) in [6.45, 7) is 4.17. The lowest BCUT2D eigenvalue weighted by atomic mass is 10.3. The van der Waals surface area contributed by atoms with Crippen LogP contribution in [0.5, 0.6) is 0 Å². The number of hydrogen-bond acceptors (Lipinski definition) is 5. The van der Waals surface area contributed by atoms with Gasteiger partial charge in [0.15, 0.2) is 5.96 Å². The molecule has 132 valence electrons. The van der Waals surface area contributed by atoms with Gasteiger partial charge in [-0.2, -0.15) is 11.3 Å². The molecule has 0 aliphatic rings. The summed E-state index contributed by atoms with van der Waals surface area (Å²) in [5.41, 5.74) is 1.23. The van der Waals surface area contributed by atoms with Crippen molar-refractivity contribution in [3.63, 3.8) is 0 Å². The molecule has 2 N–H and O–H groups in total. The molecule has 0 amide bonds. The Morgan fingerprint density at radius 3 is 2.79 bits per heavy atom. The minimum Gasteiger partial charge on any atom is -0.357 e. The zero-order valence-corrected chi connectivity index (χ0v) is 16.2. The molecule has 9 heteroatoms. The first-order valence-corrected chi connectivity index (χ1v) is 10.9. The number of guanidine groups is 1. The molecule has 0 unspecified atom stereocenters. The average Bonchev–Trinajstić information content (AvgIpc) is 3.23. The Kier molecular flexibility index (Phi) is 7.22. The van der Waals surface area contributed by atoms with Gasteiger partial charge < -0.3 is 10.2 Å². The van der Waals surface area contributed by atoms with E-state index in [1.54, 1.807) is 28.8 Å². The summed E-state index contributed by atoms with van der Waals surface area (Å²) in [5, 5.41) is 9.12. The molecule has 0 aliphatic heterocycles. The van der Waals surface area contributed by atoms with E-state index in [1.807, 2.05) is 24.3 Å². The number of sulfonamides is 1. The van der Waals surface area contributed by atoms with Crippen LogP contribution in [-0.2, 0) is 16.6 Å². The van der Waals surface area contributed by atoms with E-state index in [-0.39, 0.29) is 6.54 Å². The molecule has 0 aliphatic carbocycles. The van der Waals surface area contributed by atoms with Gasteiger partial charge in [0, 0.05) is 26.7 Å². The molecule has 0 saturated carbocycles. The number of nitrogens with one attached hydrogen (secondary N) is 2. The molecule has 2 heterocycles. The van der Waals surface area contributed by atoms with Crippen molar-refractivity contribution in [2.75, 3.05) is 26.7 Å². The van der Waals surface area contributed by atoms with Crippen molar-refractivity contribution in [3.05, 3.63) is 39.9 Å². The Balaban J connectivity index is 1.89. The van der Waals surface area contributed by atoms with Crippen molar-refractivity contribution < 1.29 is 8.42 Å². The maximum atomic E-state index is 12.0. The molecule has 2 aromatic heterocycles. The molecule has 2 rings (SSSR count). The molecule has 0 fully saturated rings. The van der Waals surface area contributed by atoms with Gasteiger partial charge in [-0.15, -0.1) is 11.3 Å². The number of thiophene rings is 2. The van der Waals surface area contributed by atoms with E-state index in [0.717, 1.165) is 19.0 Å². The number of nitrogens with zero attached hydrogens (tertiary/aromatic N) is 2. The zero-order chi connectivity index (χ0) is 17.4. The minimum atomic E-state index is -3.42. The SMILES string of the molecule is CCNC(=NCCNS(=O)(=O)c1cccs1)N(C)Cc1ccsc1. The smallest absolute Gasteiger partial charge is 0.250 e. The molecule has 0 aromatic carbocycles. The molecular formula is C15H22N4O2S3. The fourth-order valence-corrected chi connectivity index (χ4v) is 4.75. The number of rotatable bonds is 8. The van der Waals surface area contributed by atoms with Gasteiger partial charge in [-0.05, 0) is 40.8 Å². The van der Waals surface area contributed by atoms with Gasteiger partial charge in [-0.3, -0.25) is 4.99 Å². The van der Waals surface area contributed by atoms with Gasteiger partial charge >= 0.3 is 0 Å². The summed E-state index contributed by atoms with van der Waals surface area (Å²) >= 11 is 2.87. The van der Waals surface area contributed by atoms with Crippen LogP contribution in [0.1, 0.15) is 12.5 Å². The molecule has 0 atom stereocenters. The molecular weight excluding hydrogens is 364 g/mol. The average molecular weight is 387 g/mol. The Bertz CT molecular complexity index is 725. The molecule has 24 heavy (non-hydrogen) atoms. The van der Waals surface area contributed by atoms with Gasteiger partial charge in [-0.1, -0.05) is 6.07 Å². The van der Waals surface area contributed by atoms with Crippen LogP contribution in [0.25, 0.3) is 0 Å². The quantitative estimate of drug-likeness (QED) is 0.414. The third-order valence-corrected chi connectivity index (χ3v) is 6.71. The first-order valence-electron chi connectivity index (χ1n) is 7.56. The zero-order valence-electron chi connectivity index (χ0n) is 13.7. The van der Waals surface area contributed by atoms with Gasteiger partial charge in [0.05, 0.1) is 6.54 Å². The largest absolute Gasteiger partial charge is 0.357 e. The first-order chi connectivity index (χ1) is 11.5. The highest BCUT2D eigenvalue weighted by molar-refractivity contribution is 7.91. The maximum Gasteiger partial charge on any atom is 0.250 e. The predicted molar refractivity (Wildman–Crippen MR) is 101 cm³/mol. The van der Waals surface area contributed by atoms with Crippen LogP contribution in [0.4, 0.5) is 0 Å². The normalized spacial score (nSPS) is 12.3. The monoisotopic (exact) mass is 386 g/mol. The van der Waals surface area contributed by atoms with Gasteiger partial charge in [0.1, 0.15) is 4.21 Å². The summed E-state index contributed by atoms with van der Waals surface area (Å²) in [6, 6.07) is 5.40. The second-order valence-electron chi connectivity index (χ2n) is 5.05. The van der Waals surface area contributed by atoms with E-state index in [4.69, 9.17) is 0 Å². The molecule has 0 spiro atoms. The van der Waals surface area contributed by atoms with Gasteiger partial charge in [-0.25, -0.2) is 13.1 Å². The second-order valence-corrected chi connectivity index (χ2v) is 8.77. The van der Waals surface area contributed by atoms with E-state index in [9.17, 15) is 8.42 Å².